The molecular weight excluding hydrogens is 408 g/mol. The molecule has 2 amide bonds. The van der Waals surface area contributed by atoms with Crippen molar-refractivity contribution >= 4 is 35.0 Å². The molecule has 0 aromatic heterocycles. The first kappa shape index (κ1) is 23.2. The summed E-state index contributed by atoms with van der Waals surface area (Å²) in [5, 5.41) is 2.87. The van der Waals surface area contributed by atoms with Crippen molar-refractivity contribution in [3.8, 4) is 5.75 Å². The highest BCUT2D eigenvalue weighted by Crippen LogP contribution is 2.46. The lowest BCUT2D eigenvalue weighted by Gasteiger charge is -2.27. The summed E-state index contributed by atoms with van der Waals surface area (Å²) in [6.07, 6.45) is 1.45. The molecule has 0 saturated carbocycles. The number of nitrogens with zero attached hydrogens (tertiary/aromatic N) is 1. The summed E-state index contributed by atoms with van der Waals surface area (Å²) in [4.78, 5) is 27.3. The standard InChI is InChI=1S/C25H32N2O3S/c1-17(15-25(2,3)4)14-22(28)26-19-11-7-6-10-18(19)24-27(23(29)16-31-24)20-12-8-9-13-21(20)30-5/h6-13,17,24H,14-16H2,1-5H3,(H,26,28)/t17-,24+/m0/s1. The van der Waals surface area contributed by atoms with Crippen LogP contribution < -0.4 is 15.0 Å². The van der Waals surface area contributed by atoms with Gasteiger partial charge in [-0.15, -0.1) is 11.8 Å². The lowest BCUT2D eigenvalue weighted by molar-refractivity contribution is -0.117. The van der Waals surface area contributed by atoms with Gasteiger partial charge in [-0.2, -0.15) is 0 Å². The number of carbonyl (C=O) groups is 2. The Hall–Kier alpha value is -2.47. The highest BCUT2D eigenvalue weighted by atomic mass is 32.2. The molecule has 2 aromatic carbocycles. The van der Waals surface area contributed by atoms with Crippen LogP contribution in [0.2, 0.25) is 0 Å². The number of thioether (sulfide) groups is 1. The zero-order valence-corrected chi connectivity index (χ0v) is 19.8. The molecule has 1 heterocycles. The van der Waals surface area contributed by atoms with Crippen molar-refractivity contribution in [1.82, 2.24) is 0 Å². The quantitative estimate of drug-likeness (QED) is 0.584. The maximum absolute atomic E-state index is 12.8. The first-order valence-corrected chi connectivity index (χ1v) is 11.7. The Morgan fingerprint density at radius 2 is 1.87 bits per heavy atom. The number of methoxy groups -OCH3 is 1. The first-order chi connectivity index (χ1) is 14.7. The van der Waals surface area contributed by atoms with Crippen molar-refractivity contribution in [2.24, 2.45) is 11.3 Å². The number of nitrogens with one attached hydrogen (secondary N) is 1. The highest BCUT2D eigenvalue weighted by Gasteiger charge is 2.36. The van der Waals surface area contributed by atoms with Gasteiger partial charge in [0.15, 0.2) is 0 Å². The van der Waals surface area contributed by atoms with E-state index in [0.29, 0.717) is 23.8 Å². The average molecular weight is 441 g/mol. The van der Waals surface area contributed by atoms with Gasteiger partial charge in [-0.05, 0) is 36.0 Å². The van der Waals surface area contributed by atoms with E-state index in [1.165, 1.54) is 0 Å². The van der Waals surface area contributed by atoms with E-state index in [1.54, 1.807) is 23.8 Å². The minimum Gasteiger partial charge on any atom is -0.495 e. The van der Waals surface area contributed by atoms with E-state index in [9.17, 15) is 9.59 Å². The summed E-state index contributed by atoms with van der Waals surface area (Å²) in [7, 11) is 1.61. The first-order valence-electron chi connectivity index (χ1n) is 10.6. The maximum atomic E-state index is 12.8. The fourth-order valence-corrected chi connectivity index (χ4v) is 5.41. The molecule has 1 saturated heterocycles. The van der Waals surface area contributed by atoms with Crippen molar-refractivity contribution in [3.05, 3.63) is 54.1 Å². The van der Waals surface area contributed by atoms with E-state index in [4.69, 9.17) is 4.74 Å². The summed E-state index contributed by atoms with van der Waals surface area (Å²) in [5.74, 6) is 1.36. The van der Waals surface area contributed by atoms with Crippen LogP contribution in [-0.2, 0) is 9.59 Å². The number of hydrogen-bond acceptors (Lipinski definition) is 4. The van der Waals surface area contributed by atoms with E-state index in [1.807, 2.05) is 48.5 Å². The topological polar surface area (TPSA) is 58.6 Å². The van der Waals surface area contributed by atoms with E-state index in [-0.39, 0.29) is 22.6 Å². The van der Waals surface area contributed by atoms with Crippen LogP contribution in [0.25, 0.3) is 0 Å². The summed E-state index contributed by atoms with van der Waals surface area (Å²) in [6, 6.07) is 15.3. The molecule has 0 unspecified atom stereocenters. The van der Waals surface area contributed by atoms with Crippen molar-refractivity contribution < 1.29 is 14.3 Å². The van der Waals surface area contributed by atoms with E-state index in [2.05, 4.69) is 33.0 Å². The normalized spacial score (nSPS) is 17.5. The van der Waals surface area contributed by atoms with Crippen molar-refractivity contribution in [2.45, 2.75) is 45.9 Å². The highest BCUT2D eigenvalue weighted by molar-refractivity contribution is 8.00. The van der Waals surface area contributed by atoms with Crippen molar-refractivity contribution in [1.29, 1.82) is 0 Å². The van der Waals surface area contributed by atoms with E-state index in [0.717, 1.165) is 23.4 Å². The fraction of sp³-hybridized carbons (Fsp3) is 0.440. The number of rotatable bonds is 7. The molecule has 5 nitrogen and oxygen atoms in total. The van der Waals surface area contributed by atoms with Crippen LogP contribution in [0.4, 0.5) is 11.4 Å². The second-order valence-electron chi connectivity index (χ2n) is 9.31. The van der Waals surface area contributed by atoms with Gasteiger partial charge in [-0.25, -0.2) is 0 Å². The van der Waals surface area contributed by atoms with Gasteiger partial charge in [0.05, 0.1) is 18.6 Å². The number of ether oxygens (including phenoxy) is 1. The molecule has 6 heteroatoms. The molecule has 0 radical (unpaired) electrons. The SMILES string of the molecule is COc1ccccc1N1C(=O)CS[C@@H]1c1ccccc1NC(=O)C[C@H](C)CC(C)(C)C. The van der Waals surface area contributed by atoms with Gasteiger partial charge in [0, 0.05) is 17.7 Å². The lowest BCUT2D eigenvalue weighted by Crippen LogP contribution is -2.29. The Balaban J connectivity index is 1.83. The minimum atomic E-state index is -0.229. The number of carbonyl (C=O) groups excluding carboxylic acids is 2. The van der Waals surface area contributed by atoms with Gasteiger partial charge in [0.2, 0.25) is 11.8 Å². The molecule has 31 heavy (non-hydrogen) atoms. The van der Waals surface area contributed by atoms with Crippen molar-refractivity contribution in [3.63, 3.8) is 0 Å². The molecule has 1 aliphatic rings. The summed E-state index contributed by atoms with van der Waals surface area (Å²) >= 11 is 1.56. The average Bonchev–Trinajstić information content (AvgIpc) is 3.07. The van der Waals surface area contributed by atoms with Crippen LogP contribution in [0.1, 0.15) is 51.5 Å². The largest absolute Gasteiger partial charge is 0.495 e. The molecule has 1 N–H and O–H groups in total. The third-order valence-corrected chi connectivity index (χ3v) is 6.40. The summed E-state index contributed by atoms with van der Waals surface area (Å²) in [6.45, 7) is 8.69. The molecule has 166 valence electrons. The van der Waals surface area contributed by atoms with Crippen LogP contribution >= 0.6 is 11.8 Å². The second-order valence-corrected chi connectivity index (χ2v) is 10.4. The lowest BCUT2D eigenvalue weighted by atomic mass is 9.84. The van der Waals surface area contributed by atoms with Gasteiger partial charge in [-0.3, -0.25) is 14.5 Å². The molecule has 0 spiro atoms. The molecule has 1 fully saturated rings. The van der Waals surface area contributed by atoms with Crippen molar-refractivity contribution in [2.75, 3.05) is 23.1 Å². The molecule has 2 atom stereocenters. The minimum absolute atomic E-state index is 0.00219. The van der Waals surface area contributed by atoms with Crippen LogP contribution in [0.5, 0.6) is 5.75 Å². The third-order valence-electron chi connectivity index (χ3n) is 5.21. The van der Waals surface area contributed by atoms with E-state index >= 15 is 0 Å². The Kier molecular flexibility index (Phi) is 7.31. The van der Waals surface area contributed by atoms with Crippen LogP contribution in [0.15, 0.2) is 48.5 Å². The molecule has 2 aromatic rings. The monoisotopic (exact) mass is 440 g/mol. The molecular formula is C25H32N2O3S. The third kappa shape index (κ3) is 5.82. The zero-order chi connectivity index (χ0) is 22.6. The molecule has 3 rings (SSSR count). The summed E-state index contributed by atoms with van der Waals surface area (Å²) in [5.41, 5.74) is 2.60. The van der Waals surface area contributed by atoms with Crippen LogP contribution in [-0.4, -0.2) is 24.7 Å². The van der Waals surface area contributed by atoms with Gasteiger partial charge < -0.3 is 10.1 Å². The van der Waals surface area contributed by atoms with Gasteiger partial charge in [0.25, 0.3) is 0 Å². The number of hydrogen-bond donors (Lipinski definition) is 1. The Morgan fingerprint density at radius 1 is 1.19 bits per heavy atom. The molecule has 1 aliphatic heterocycles. The van der Waals surface area contributed by atoms with Gasteiger partial charge >= 0.3 is 0 Å². The Morgan fingerprint density at radius 3 is 2.58 bits per heavy atom. The smallest absolute Gasteiger partial charge is 0.238 e. The Labute approximate surface area is 189 Å². The van der Waals surface area contributed by atoms with Crippen LogP contribution in [0, 0.1) is 11.3 Å². The number of amides is 2. The maximum Gasteiger partial charge on any atom is 0.238 e. The van der Waals surface area contributed by atoms with Gasteiger partial charge in [0.1, 0.15) is 11.1 Å². The number of para-hydroxylation sites is 3. The number of benzene rings is 2. The molecule has 0 aliphatic carbocycles. The van der Waals surface area contributed by atoms with Gasteiger partial charge in [-0.1, -0.05) is 58.0 Å². The van der Waals surface area contributed by atoms with E-state index < -0.39 is 0 Å². The summed E-state index contributed by atoms with van der Waals surface area (Å²) < 4.78 is 5.50. The number of anilines is 2. The molecule has 0 bridgehead atoms. The predicted molar refractivity (Wildman–Crippen MR) is 129 cm³/mol. The Bertz CT molecular complexity index is 938. The predicted octanol–water partition coefficient (Wildman–Crippen LogP) is 5.87. The fourth-order valence-electron chi connectivity index (χ4n) is 4.20. The van der Waals surface area contributed by atoms with Crippen LogP contribution in [0.3, 0.4) is 0 Å². The second kappa shape index (κ2) is 9.77. The zero-order valence-electron chi connectivity index (χ0n) is 19.0.